The number of nitrogens with one attached hydrogen (secondary N) is 1. The van der Waals surface area contributed by atoms with E-state index in [4.69, 9.17) is 0 Å². The summed E-state index contributed by atoms with van der Waals surface area (Å²) in [5.41, 5.74) is 3.59. The Morgan fingerprint density at radius 1 is 1.08 bits per heavy atom. The number of nitrogens with zero attached hydrogens (tertiary/aromatic N) is 1. The Hall–Kier alpha value is -2.69. The van der Waals surface area contributed by atoms with Crippen molar-refractivity contribution >= 4 is 17.5 Å². The van der Waals surface area contributed by atoms with Crippen LogP contribution in [0.5, 0.6) is 0 Å². The Morgan fingerprint density at radius 2 is 1.75 bits per heavy atom. The van der Waals surface area contributed by atoms with E-state index < -0.39 is 0 Å². The number of hydrogen-bond acceptors (Lipinski definition) is 2. The summed E-state index contributed by atoms with van der Waals surface area (Å²) in [5, 5.41) is 2.82. The fraction of sp³-hybridized carbons (Fsp3) is 0.263. The maximum absolute atomic E-state index is 13.0. The molecule has 0 saturated heterocycles. The molecule has 2 rings (SSSR count). The zero-order valence-corrected chi connectivity index (χ0v) is 14.1. The first-order valence-corrected chi connectivity index (χ1v) is 7.72. The number of anilines is 1. The zero-order valence-electron chi connectivity index (χ0n) is 14.1. The summed E-state index contributed by atoms with van der Waals surface area (Å²) < 4.78 is 13.0. The molecule has 0 spiro atoms. The second-order valence-electron chi connectivity index (χ2n) is 5.87. The lowest BCUT2D eigenvalue weighted by Crippen LogP contribution is -2.36. The fourth-order valence-corrected chi connectivity index (χ4v) is 2.41. The highest BCUT2D eigenvalue weighted by Gasteiger charge is 2.15. The summed E-state index contributed by atoms with van der Waals surface area (Å²) in [4.78, 5) is 25.5. The molecule has 4 nitrogen and oxygen atoms in total. The Balaban J connectivity index is 2.02. The van der Waals surface area contributed by atoms with Crippen LogP contribution in [0, 0.1) is 19.7 Å². The lowest BCUT2D eigenvalue weighted by molar-refractivity contribution is -0.133. The molecule has 2 aromatic carbocycles. The standard InChI is InChI=1S/C19H21FN2O2/c1-13-4-9-18(14(2)10-13)21-19(24)12-22(15(3)23)11-16-5-7-17(20)8-6-16/h4-10H,11-12H2,1-3H3,(H,21,24). The molecule has 0 aliphatic carbocycles. The highest BCUT2D eigenvalue weighted by atomic mass is 19.1. The van der Waals surface area contributed by atoms with Crippen molar-refractivity contribution in [1.29, 1.82) is 0 Å². The number of carbonyl (C=O) groups excluding carboxylic acids is 2. The predicted octanol–water partition coefficient (Wildman–Crippen LogP) is 3.43. The average Bonchev–Trinajstić information content (AvgIpc) is 2.51. The minimum Gasteiger partial charge on any atom is -0.329 e. The topological polar surface area (TPSA) is 49.4 Å². The second kappa shape index (κ2) is 7.73. The quantitative estimate of drug-likeness (QED) is 0.914. The van der Waals surface area contributed by atoms with Crippen molar-refractivity contribution in [1.82, 2.24) is 4.90 Å². The van der Waals surface area contributed by atoms with Crippen LogP contribution in [0.15, 0.2) is 42.5 Å². The van der Waals surface area contributed by atoms with E-state index in [1.54, 1.807) is 12.1 Å². The van der Waals surface area contributed by atoms with E-state index in [1.807, 2.05) is 32.0 Å². The first-order chi connectivity index (χ1) is 11.3. The van der Waals surface area contributed by atoms with E-state index >= 15 is 0 Å². The maximum atomic E-state index is 13.0. The van der Waals surface area contributed by atoms with Crippen molar-refractivity contribution in [2.75, 3.05) is 11.9 Å². The van der Waals surface area contributed by atoms with Crippen LogP contribution in [0.25, 0.3) is 0 Å². The monoisotopic (exact) mass is 328 g/mol. The molecule has 2 amide bonds. The number of carbonyl (C=O) groups is 2. The van der Waals surface area contributed by atoms with Gasteiger partial charge >= 0.3 is 0 Å². The molecule has 0 unspecified atom stereocenters. The summed E-state index contributed by atoms with van der Waals surface area (Å²) in [7, 11) is 0. The highest BCUT2D eigenvalue weighted by Crippen LogP contribution is 2.16. The van der Waals surface area contributed by atoms with Gasteiger partial charge < -0.3 is 10.2 Å². The van der Waals surface area contributed by atoms with Crippen LogP contribution >= 0.6 is 0 Å². The van der Waals surface area contributed by atoms with Crippen LogP contribution in [-0.2, 0) is 16.1 Å². The van der Waals surface area contributed by atoms with E-state index in [0.717, 1.165) is 22.4 Å². The van der Waals surface area contributed by atoms with Gasteiger partial charge in [-0.05, 0) is 43.2 Å². The molecule has 2 aromatic rings. The van der Waals surface area contributed by atoms with Crippen molar-refractivity contribution in [2.24, 2.45) is 0 Å². The van der Waals surface area contributed by atoms with Gasteiger partial charge in [0.1, 0.15) is 12.4 Å². The van der Waals surface area contributed by atoms with Gasteiger partial charge in [-0.15, -0.1) is 0 Å². The Kier molecular flexibility index (Phi) is 5.68. The van der Waals surface area contributed by atoms with Gasteiger partial charge in [0, 0.05) is 19.2 Å². The van der Waals surface area contributed by atoms with Crippen LogP contribution in [0.4, 0.5) is 10.1 Å². The molecule has 24 heavy (non-hydrogen) atoms. The minimum absolute atomic E-state index is 0.0555. The molecular formula is C19H21FN2O2. The number of amides is 2. The first kappa shape index (κ1) is 17.7. The first-order valence-electron chi connectivity index (χ1n) is 7.72. The van der Waals surface area contributed by atoms with E-state index in [2.05, 4.69) is 5.32 Å². The third-order valence-electron chi connectivity index (χ3n) is 3.72. The number of benzene rings is 2. The van der Waals surface area contributed by atoms with E-state index in [1.165, 1.54) is 24.0 Å². The van der Waals surface area contributed by atoms with Crippen LogP contribution in [0.3, 0.4) is 0 Å². The summed E-state index contributed by atoms with van der Waals surface area (Å²) in [6.45, 7) is 5.52. The van der Waals surface area contributed by atoms with Crippen molar-refractivity contribution in [3.63, 3.8) is 0 Å². The van der Waals surface area contributed by atoms with Crippen molar-refractivity contribution in [3.8, 4) is 0 Å². The van der Waals surface area contributed by atoms with Crippen LogP contribution < -0.4 is 5.32 Å². The number of hydrogen-bond donors (Lipinski definition) is 1. The van der Waals surface area contributed by atoms with Gasteiger partial charge in [0.05, 0.1) is 0 Å². The van der Waals surface area contributed by atoms with Gasteiger partial charge in [-0.3, -0.25) is 9.59 Å². The Morgan fingerprint density at radius 3 is 2.33 bits per heavy atom. The lowest BCUT2D eigenvalue weighted by Gasteiger charge is -2.21. The van der Waals surface area contributed by atoms with Crippen LogP contribution in [0.1, 0.15) is 23.6 Å². The molecule has 0 aliphatic rings. The van der Waals surface area contributed by atoms with E-state index in [-0.39, 0.29) is 30.7 Å². The molecule has 0 aromatic heterocycles. The summed E-state index contributed by atoms with van der Waals surface area (Å²) in [5.74, 6) is -0.810. The second-order valence-corrected chi connectivity index (χ2v) is 5.87. The SMILES string of the molecule is CC(=O)N(CC(=O)Nc1ccc(C)cc1C)Cc1ccc(F)cc1. The van der Waals surface area contributed by atoms with Crippen molar-refractivity contribution < 1.29 is 14.0 Å². The molecule has 126 valence electrons. The zero-order chi connectivity index (χ0) is 17.7. The molecule has 0 fully saturated rings. The third-order valence-corrected chi connectivity index (χ3v) is 3.72. The largest absolute Gasteiger partial charge is 0.329 e. The molecule has 1 N–H and O–H groups in total. The number of aryl methyl sites for hydroxylation is 2. The third kappa shape index (κ3) is 4.91. The molecule has 0 heterocycles. The smallest absolute Gasteiger partial charge is 0.244 e. The van der Waals surface area contributed by atoms with Crippen molar-refractivity contribution in [3.05, 3.63) is 65.0 Å². The molecule has 0 radical (unpaired) electrons. The van der Waals surface area contributed by atoms with Gasteiger partial charge in [-0.25, -0.2) is 4.39 Å². The van der Waals surface area contributed by atoms with Gasteiger partial charge in [-0.1, -0.05) is 29.8 Å². The normalized spacial score (nSPS) is 10.3. The fourth-order valence-electron chi connectivity index (χ4n) is 2.41. The highest BCUT2D eigenvalue weighted by molar-refractivity contribution is 5.94. The van der Waals surface area contributed by atoms with E-state index in [9.17, 15) is 14.0 Å². The molecule has 0 bridgehead atoms. The minimum atomic E-state index is -0.333. The molecule has 0 aliphatic heterocycles. The van der Waals surface area contributed by atoms with Crippen LogP contribution in [0.2, 0.25) is 0 Å². The Labute approximate surface area is 141 Å². The molecule has 0 atom stereocenters. The van der Waals surface area contributed by atoms with Crippen molar-refractivity contribution in [2.45, 2.75) is 27.3 Å². The van der Waals surface area contributed by atoms with Crippen LogP contribution in [-0.4, -0.2) is 23.3 Å². The van der Waals surface area contributed by atoms with Gasteiger partial charge in [0.25, 0.3) is 0 Å². The molecular weight excluding hydrogens is 307 g/mol. The predicted molar refractivity (Wildman–Crippen MR) is 92.0 cm³/mol. The summed E-state index contributed by atoms with van der Waals surface area (Å²) in [6.07, 6.45) is 0. The van der Waals surface area contributed by atoms with Gasteiger partial charge in [0.15, 0.2) is 0 Å². The van der Waals surface area contributed by atoms with Gasteiger partial charge in [-0.2, -0.15) is 0 Å². The van der Waals surface area contributed by atoms with Gasteiger partial charge in [0.2, 0.25) is 11.8 Å². The summed E-state index contributed by atoms with van der Waals surface area (Å²) in [6, 6.07) is 11.6. The number of halogens is 1. The lowest BCUT2D eigenvalue weighted by atomic mass is 10.1. The van der Waals surface area contributed by atoms with E-state index in [0.29, 0.717) is 0 Å². The Bertz CT molecular complexity index is 742. The average molecular weight is 328 g/mol. The molecule has 0 saturated carbocycles. The summed E-state index contributed by atoms with van der Waals surface area (Å²) >= 11 is 0. The number of rotatable bonds is 5. The molecule has 5 heteroatoms. The maximum Gasteiger partial charge on any atom is 0.244 e.